The fraction of sp³-hybridized carbons (Fsp3) is 0.571. The minimum absolute atomic E-state index is 0.340. The molecule has 94 valence electrons. The quantitative estimate of drug-likeness (QED) is 0.781. The molecule has 1 saturated carbocycles. The Morgan fingerprint density at radius 2 is 2.12 bits per heavy atom. The Bertz CT molecular complexity index is 374. The number of hydrogen-bond acceptors (Lipinski definition) is 1. The summed E-state index contributed by atoms with van der Waals surface area (Å²) in [6.45, 7) is 3.08. The van der Waals surface area contributed by atoms with Crippen LogP contribution in [-0.4, -0.2) is 6.54 Å². The molecule has 2 rings (SSSR count). The van der Waals surface area contributed by atoms with Crippen molar-refractivity contribution in [2.24, 2.45) is 5.92 Å². The number of rotatable bonds is 6. The average Bonchev–Trinajstić information content (AvgIpc) is 3.12. The van der Waals surface area contributed by atoms with Crippen LogP contribution in [0.15, 0.2) is 18.2 Å². The first-order chi connectivity index (χ1) is 8.20. The Hall–Kier alpha value is -0.240. The van der Waals surface area contributed by atoms with Crippen LogP contribution in [0.4, 0.5) is 0 Å². The summed E-state index contributed by atoms with van der Waals surface area (Å²) in [4.78, 5) is 0. The molecule has 0 spiro atoms. The van der Waals surface area contributed by atoms with E-state index in [1.165, 1.54) is 19.3 Å². The van der Waals surface area contributed by atoms with Crippen molar-refractivity contribution in [1.29, 1.82) is 0 Å². The zero-order chi connectivity index (χ0) is 12.3. The van der Waals surface area contributed by atoms with Crippen molar-refractivity contribution in [3.63, 3.8) is 0 Å². The van der Waals surface area contributed by atoms with Gasteiger partial charge in [-0.2, -0.15) is 0 Å². The molecule has 1 aromatic carbocycles. The largest absolute Gasteiger partial charge is 0.310 e. The van der Waals surface area contributed by atoms with Crippen LogP contribution in [-0.2, 0) is 0 Å². The maximum atomic E-state index is 6.26. The monoisotopic (exact) mass is 271 g/mol. The van der Waals surface area contributed by atoms with Gasteiger partial charge in [0.15, 0.2) is 0 Å². The van der Waals surface area contributed by atoms with Crippen LogP contribution in [0.2, 0.25) is 10.0 Å². The molecule has 17 heavy (non-hydrogen) atoms. The van der Waals surface area contributed by atoms with E-state index in [1.54, 1.807) is 0 Å². The lowest BCUT2D eigenvalue weighted by Gasteiger charge is -2.19. The third-order valence-corrected chi connectivity index (χ3v) is 3.92. The van der Waals surface area contributed by atoms with Crippen molar-refractivity contribution in [3.8, 4) is 0 Å². The average molecular weight is 272 g/mol. The molecule has 1 fully saturated rings. The highest BCUT2D eigenvalue weighted by molar-refractivity contribution is 6.33. The van der Waals surface area contributed by atoms with Crippen molar-refractivity contribution in [2.45, 2.75) is 38.6 Å². The SMILES string of the molecule is CCNC(CCC1CC1)c1cc(Cl)ccc1Cl. The highest BCUT2D eigenvalue weighted by atomic mass is 35.5. The van der Waals surface area contributed by atoms with Gasteiger partial charge in [0, 0.05) is 16.1 Å². The van der Waals surface area contributed by atoms with Gasteiger partial charge in [0.05, 0.1) is 0 Å². The predicted molar refractivity (Wildman–Crippen MR) is 74.8 cm³/mol. The van der Waals surface area contributed by atoms with E-state index < -0.39 is 0 Å². The highest BCUT2D eigenvalue weighted by Gasteiger charge is 2.23. The van der Waals surface area contributed by atoms with Gasteiger partial charge in [-0.25, -0.2) is 0 Å². The van der Waals surface area contributed by atoms with E-state index in [9.17, 15) is 0 Å². The van der Waals surface area contributed by atoms with E-state index >= 15 is 0 Å². The van der Waals surface area contributed by atoms with Gasteiger partial charge in [-0.05, 0) is 49.1 Å². The van der Waals surface area contributed by atoms with Gasteiger partial charge < -0.3 is 5.32 Å². The summed E-state index contributed by atoms with van der Waals surface area (Å²) in [6, 6.07) is 6.06. The number of hydrogen-bond donors (Lipinski definition) is 1. The second kappa shape index (κ2) is 6.08. The Morgan fingerprint density at radius 3 is 2.76 bits per heavy atom. The molecule has 0 amide bonds. The fourth-order valence-corrected chi connectivity index (χ4v) is 2.63. The minimum atomic E-state index is 0.340. The lowest BCUT2D eigenvalue weighted by Crippen LogP contribution is -2.21. The molecule has 0 aliphatic heterocycles. The molecule has 1 nitrogen and oxygen atoms in total. The molecule has 3 heteroatoms. The first-order valence-electron chi connectivity index (χ1n) is 6.39. The van der Waals surface area contributed by atoms with Crippen LogP contribution >= 0.6 is 23.2 Å². The number of benzene rings is 1. The molecule has 1 aliphatic carbocycles. The number of halogens is 2. The van der Waals surface area contributed by atoms with Crippen LogP contribution < -0.4 is 5.32 Å². The van der Waals surface area contributed by atoms with E-state index in [4.69, 9.17) is 23.2 Å². The van der Waals surface area contributed by atoms with Gasteiger partial charge in [-0.3, -0.25) is 0 Å². The standard InChI is InChI=1S/C14H19Cl2N/c1-2-17-14(8-5-10-3-4-10)12-9-11(15)6-7-13(12)16/h6-7,9-10,14,17H,2-5,8H2,1H3. The summed E-state index contributed by atoms with van der Waals surface area (Å²) >= 11 is 12.3. The predicted octanol–water partition coefficient (Wildman–Crippen LogP) is 4.83. The van der Waals surface area contributed by atoms with Crippen LogP contribution in [0, 0.1) is 5.92 Å². The van der Waals surface area contributed by atoms with Gasteiger partial charge in [0.1, 0.15) is 0 Å². The topological polar surface area (TPSA) is 12.0 Å². The lowest BCUT2D eigenvalue weighted by molar-refractivity contribution is 0.482. The number of nitrogens with one attached hydrogen (secondary N) is 1. The van der Waals surface area contributed by atoms with E-state index in [2.05, 4.69) is 12.2 Å². The van der Waals surface area contributed by atoms with Crippen molar-refractivity contribution in [1.82, 2.24) is 5.32 Å². The summed E-state index contributed by atoms with van der Waals surface area (Å²) in [5.41, 5.74) is 1.14. The molecule has 0 saturated heterocycles. The lowest BCUT2D eigenvalue weighted by atomic mass is 10.0. The third kappa shape index (κ3) is 3.87. The molecule has 1 N–H and O–H groups in total. The molecule has 0 radical (unpaired) electrons. The van der Waals surface area contributed by atoms with Gasteiger partial charge in [0.2, 0.25) is 0 Å². The summed E-state index contributed by atoms with van der Waals surface area (Å²) in [6.07, 6.45) is 5.25. The van der Waals surface area contributed by atoms with Crippen molar-refractivity contribution in [2.75, 3.05) is 6.54 Å². The zero-order valence-electron chi connectivity index (χ0n) is 10.2. The van der Waals surface area contributed by atoms with Crippen LogP contribution in [0.25, 0.3) is 0 Å². The summed E-state index contributed by atoms with van der Waals surface area (Å²) in [7, 11) is 0. The molecule has 0 bridgehead atoms. The molecule has 1 aliphatic rings. The third-order valence-electron chi connectivity index (χ3n) is 3.34. The minimum Gasteiger partial charge on any atom is -0.310 e. The van der Waals surface area contributed by atoms with Gasteiger partial charge >= 0.3 is 0 Å². The Balaban J connectivity index is 2.08. The van der Waals surface area contributed by atoms with E-state index in [1.807, 2.05) is 18.2 Å². The first kappa shape index (κ1) is 13.2. The Morgan fingerprint density at radius 1 is 1.35 bits per heavy atom. The smallest absolute Gasteiger partial charge is 0.0454 e. The zero-order valence-corrected chi connectivity index (χ0v) is 11.7. The Kier molecular flexibility index (Phi) is 4.72. The van der Waals surface area contributed by atoms with E-state index in [-0.39, 0.29) is 0 Å². The molecule has 1 aromatic rings. The Labute approximate surface area is 114 Å². The second-order valence-electron chi connectivity index (χ2n) is 4.80. The maximum absolute atomic E-state index is 6.26. The molecule has 0 aromatic heterocycles. The molecular weight excluding hydrogens is 253 g/mol. The normalized spacial score (nSPS) is 17.1. The van der Waals surface area contributed by atoms with Crippen LogP contribution in [0.1, 0.15) is 44.2 Å². The molecule has 1 atom stereocenters. The van der Waals surface area contributed by atoms with Gasteiger partial charge in [0.25, 0.3) is 0 Å². The van der Waals surface area contributed by atoms with Gasteiger partial charge in [-0.15, -0.1) is 0 Å². The molecule has 1 unspecified atom stereocenters. The van der Waals surface area contributed by atoms with Crippen LogP contribution in [0.3, 0.4) is 0 Å². The van der Waals surface area contributed by atoms with Gasteiger partial charge in [-0.1, -0.05) is 43.0 Å². The maximum Gasteiger partial charge on any atom is 0.0454 e. The van der Waals surface area contributed by atoms with Crippen molar-refractivity contribution in [3.05, 3.63) is 33.8 Å². The fourth-order valence-electron chi connectivity index (χ4n) is 2.20. The van der Waals surface area contributed by atoms with E-state index in [0.717, 1.165) is 34.5 Å². The second-order valence-corrected chi connectivity index (χ2v) is 5.64. The summed E-state index contributed by atoms with van der Waals surface area (Å²) < 4.78 is 0. The summed E-state index contributed by atoms with van der Waals surface area (Å²) in [5, 5.41) is 5.09. The molecular formula is C14H19Cl2N. The van der Waals surface area contributed by atoms with Crippen molar-refractivity contribution < 1.29 is 0 Å². The van der Waals surface area contributed by atoms with E-state index in [0.29, 0.717) is 6.04 Å². The van der Waals surface area contributed by atoms with Crippen molar-refractivity contribution >= 4 is 23.2 Å². The highest BCUT2D eigenvalue weighted by Crippen LogP contribution is 2.37. The summed E-state index contributed by atoms with van der Waals surface area (Å²) in [5.74, 6) is 0.953. The van der Waals surface area contributed by atoms with Crippen LogP contribution in [0.5, 0.6) is 0 Å². The first-order valence-corrected chi connectivity index (χ1v) is 7.14. The molecule has 0 heterocycles.